The summed E-state index contributed by atoms with van der Waals surface area (Å²) in [5, 5.41) is 3.09. The van der Waals surface area contributed by atoms with Crippen molar-refractivity contribution in [3.05, 3.63) is 28.8 Å². The van der Waals surface area contributed by atoms with Gasteiger partial charge in [-0.3, -0.25) is 9.59 Å². The fraction of sp³-hybridized carbons (Fsp3) is 0.529. The first-order valence-corrected chi connectivity index (χ1v) is 8.72. The minimum Gasteiger partial charge on any atom is -0.381 e. The van der Waals surface area contributed by atoms with Crippen molar-refractivity contribution < 1.29 is 19.1 Å². The smallest absolute Gasteiger partial charge is 0.255 e. The van der Waals surface area contributed by atoms with Crippen molar-refractivity contribution in [2.75, 3.05) is 44.8 Å². The summed E-state index contributed by atoms with van der Waals surface area (Å²) in [4.78, 5) is 26.7. The van der Waals surface area contributed by atoms with Gasteiger partial charge in [-0.2, -0.15) is 0 Å². The molecule has 1 aromatic carbocycles. The van der Waals surface area contributed by atoms with E-state index in [0.29, 0.717) is 68.6 Å². The number of rotatable bonds is 3. The van der Waals surface area contributed by atoms with Crippen molar-refractivity contribution >= 4 is 41.5 Å². The molecular weight excluding hydrogens is 381 g/mol. The Morgan fingerprint density at radius 1 is 1.12 bits per heavy atom. The number of halogens is 2. The van der Waals surface area contributed by atoms with Crippen molar-refractivity contribution in [1.29, 1.82) is 0 Å². The number of benzene rings is 1. The second kappa shape index (κ2) is 9.01. The first kappa shape index (κ1) is 20.9. The molecular formula is C17H23Cl2N3O4. The number of morpholine rings is 1. The van der Waals surface area contributed by atoms with Crippen LogP contribution >= 0.6 is 24.0 Å². The molecule has 0 bridgehead atoms. The molecule has 144 valence electrons. The second-order valence-corrected chi connectivity index (χ2v) is 6.73. The van der Waals surface area contributed by atoms with E-state index in [2.05, 4.69) is 5.32 Å². The lowest BCUT2D eigenvalue weighted by atomic mass is 9.90. The number of nitrogens with zero attached hydrogens (tertiary/aromatic N) is 1. The second-order valence-electron chi connectivity index (χ2n) is 6.32. The molecule has 0 aromatic heterocycles. The third kappa shape index (κ3) is 4.66. The van der Waals surface area contributed by atoms with Crippen LogP contribution in [0, 0.1) is 0 Å². The third-order valence-corrected chi connectivity index (χ3v) is 4.91. The van der Waals surface area contributed by atoms with E-state index in [9.17, 15) is 9.59 Å². The topological polar surface area (TPSA) is 93.9 Å². The van der Waals surface area contributed by atoms with Gasteiger partial charge in [-0.25, -0.2) is 0 Å². The number of anilines is 1. The zero-order chi connectivity index (χ0) is 17.9. The van der Waals surface area contributed by atoms with Crippen LogP contribution < -0.4 is 11.1 Å². The van der Waals surface area contributed by atoms with Crippen molar-refractivity contribution in [2.24, 2.45) is 5.73 Å². The third-order valence-electron chi connectivity index (χ3n) is 4.59. The summed E-state index contributed by atoms with van der Waals surface area (Å²) in [6, 6.07) is 4.87. The Hall–Kier alpha value is -1.38. The zero-order valence-electron chi connectivity index (χ0n) is 14.3. The Morgan fingerprint density at radius 3 is 2.35 bits per heavy atom. The van der Waals surface area contributed by atoms with Crippen LogP contribution in [0.25, 0.3) is 0 Å². The molecule has 2 amide bonds. The predicted octanol–water partition coefficient (Wildman–Crippen LogP) is 1.68. The van der Waals surface area contributed by atoms with Gasteiger partial charge >= 0.3 is 0 Å². The van der Waals surface area contributed by atoms with Crippen LogP contribution in [0.4, 0.5) is 5.69 Å². The van der Waals surface area contributed by atoms with Crippen LogP contribution in [0.5, 0.6) is 0 Å². The molecule has 2 aliphatic heterocycles. The van der Waals surface area contributed by atoms with Crippen LogP contribution in [0.2, 0.25) is 5.02 Å². The predicted molar refractivity (Wildman–Crippen MR) is 101 cm³/mol. The van der Waals surface area contributed by atoms with E-state index in [0.717, 1.165) is 0 Å². The van der Waals surface area contributed by atoms with Gasteiger partial charge in [0.15, 0.2) is 0 Å². The SMILES string of the molecule is Cl.NC1(C(=O)Nc2ccc(C(=O)N3CCOCC3)c(Cl)c2)CCOCC1. The average molecular weight is 404 g/mol. The van der Waals surface area contributed by atoms with Crippen molar-refractivity contribution in [2.45, 2.75) is 18.4 Å². The minimum atomic E-state index is -0.937. The summed E-state index contributed by atoms with van der Waals surface area (Å²) in [6.07, 6.45) is 0.945. The highest BCUT2D eigenvalue weighted by Crippen LogP contribution is 2.25. The van der Waals surface area contributed by atoms with Crippen LogP contribution in [0.1, 0.15) is 23.2 Å². The quantitative estimate of drug-likeness (QED) is 0.800. The van der Waals surface area contributed by atoms with E-state index in [4.69, 9.17) is 26.8 Å². The summed E-state index contributed by atoms with van der Waals surface area (Å²) in [5.41, 5.74) is 6.16. The molecule has 0 saturated carbocycles. The van der Waals surface area contributed by atoms with E-state index in [1.165, 1.54) is 0 Å². The summed E-state index contributed by atoms with van der Waals surface area (Å²) in [6.45, 7) is 3.09. The van der Waals surface area contributed by atoms with Gasteiger partial charge in [0.25, 0.3) is 5.91 Å². The Morgan fingerprint density at radius 2 is 1.73 bits per heavy atom. The Bertz CT molecular complexity index is 659. The van der Waals surface area contributed by atoms with Crippen LogP contribution in [0.3, 0.4) is 0 Å². The van der Waals surface area contributed by atoms with Crippen molar-refractivity contribution in [1.82, 2.24) is 4.90 Å². The standard InChI is InChI=1S/C17H22ClN3O4.ClH/c18-14-11-12(20-16(23)17(19)3-7-24-8-4-17)1-2-13(14)15(22)21-5-9-25-10-6-21;/h1-2,11H,3-10,19H2,(H,20,23);1H. The van der Waals surface area contributed by atoms with Crippen LogP contribution in [-0.2, 0) is 14.3 Å². The molecule has 7 nitrogen and oxygen atoms in total. The minimum absolute atomic E-state index is 0. The first-order chi connectivity index (χ1) is 12.0. The molecule has 2 heterocycles. The maximum atomic E-state index is 12.5. The fourth-order valence-electron chi connectivity index (χ4n) is 2.92. The van der Waals surface area contributed by atoms with E-state index >= 15 is 0 Å². The molecule has 0 aliphatic carbocycles. The van der Waals surface area contributed by atoms with E-state index in [1.54, 1.807) is 23.1 Å². The molecule has 2 saturated heterocycles. The summed E-state index contributed by atoms with van der Waals surface area (Å²) >= 11 is 6.27. The average Bonchev–Trinajstić information content (AvgIpc) is 2.63. The lowest BCUT2D eigenvalue weighted by molar-refractivity contribution is -0.124. The Kier molecular flexibility index (Phi) is 7.25. The van der Waals surface area contributed by atoms with Gasteiger partial charge < -0.3 is 25.4 Å². The highest BCUT2D eigenvalue weighted by Gasteiger charge is 2.36. The van der Waals surface area contributed by atoms with Gasteiger partial charge in [0.2, 0.25) is 5.91 Å². The number of nitrogens with two attached hydrogens (primary N) is 1. The number of carbonyl (C=O) groups excluding carboxylic acids is 2. The van der Waals surface area contributed by atoms with E-state index in [1.807, 2.05) is 0 Å². The largest absolute Gasteiger partial charge is 0.381 e. The number of hydrogen-bond donors (Lipinski definition) is 2. The van der Waals surface area contributed by atoms with E-state index in [-0.39, 0.29) is 24.2 Å². The Labute approximate surface area is 163 Å². The molecule has 0 atom stereocenters. The zero-order valence-corrected chi connectivity index (χ0v) is 15.9. The molecule has 2 fully saturated rings. The molecule has 3 N–H and O–H groups in total. The highest BCUT2D eigenvalue weighted by molar-refractivity contribution is 6.34. The summed E-state index contributed by atoms with van der Waals surface area (Å²) in [7, 11) is 0. The number of amides is 2. The van der Waals surface area contributed by atoms with Gasteiger partial charge in [-0.05, 0) is 31.0 Å². The molecule has 3 rings (SSSR count). The fourth-order valence-corrected chi connectivity index (χ4v) is 3.18. The highest BCUT2D eigenvalue weighted by atomic mass is 35.5. The summed E-state index contributed by atoms with van der Waals surface area (Å²) < 4.78 is 10.5. The molecule has 9 heteroatoms. The number of hydrogen-bond acceptors (Lipinski definition) is 5. The maximum Gasteiger partial charge on any atom is 0.255 e. The number of carbonyl (C=O) groups is 2. The number of nitrogens with one attached hydrogen (secondary N) is 1. The molecule has 0 spiro atoms. The molecule has 0 radical (unpaired) electrons. The normalized spacial score (nSPS) is 19.4. The van der Waals surface area contributed by atoms with Crippen molar-refractivity contribution in [3.63, 3.8) is 0 Å². The van der Waals surface area contributed by atoms with Gasteiger partial charge in [0.05, 0.1) is 23.8 Å². The molecule has 26 heavy (non-hydrogen) atoms. The summed E-state index contributed by atoms with van der Waals surface area (Å²) in [5.74, 6) is -0.398. The monoisotopic (exact) mass is 403 g/mol. The molecule has 2 aliphatic rings. The molecule has 0 unspecified atom stereocenters. The van der Waals surface area contributed by atoms with Gasteiger partial charge in [-0.1, -0.05) is 11.6 Å². The maximum absolute atomic E-state index is 12.5. The van der Waals surface area contributed by atoms with Gasteiger partial charge in [-0.15, -0.1) is 12.4 Å². The van der Waals surface area contributed by atoms with Crippen molar-refractivity contribution in [3.8, 4) is 0 Å². The lowest BCUT2D eigenvalue weighted by Crippen LogP contribution is -2.54. The first-order valence-electron chi connectivity index (χ1n) is 8.34. The lowest BCUT2D eigenvalue weighted by Gasteiger charge is -2.31. The van der Waals surface area contributed by atoms with E-state index < -0.39 is 5.54 Å². The molecule has 1 aromatic rings. The Balaban J connectivity index is 0.00000243. The van der Waals surface area contributed by atoms with Crippen LogP contribution in [0.15, 0.2) is 18.2 Å². The van der Waals surface area contributed by atoms with Crippen LogP contribution in [-0.4, -0.2) is 61.8 Å². The van der Waals surface area contributed by atoms with Gasteiger partial charge in [0, 0.05) is 32.0 Å². The van der Waals surface area contributed by atoms with Gasteiger partial charge in [0.1, 0.15) is 5.54 Å². The number of ether oxygens (including phenoxy) is 2.